The van der Waals surface area contributed by atoms with E-state index in [9.17, 15) is 0 Å². The largest absolute Gasteiger partial charge is 0.396 e. The summed E-state index contributed by atoms with van der Waals surface area (Å²) < 4.78 is 0. The number of aromatic nitrogens is 2. The Kier molecular flexibility index (Phi) is 3.85. The normalized spacial score (nSPS) is 14.7. The molecule has 1 aromatic rings. The van der Waals surface area contributed by atoms with Gasteiger partial charge in [0.15, 0.2) is 0 Å². The predicted molar refractivity (Wildman–Crippen MR) is 60.5 cm³/mol. The topological polar surface area (TPSA) is 84.1 Å². The molecule has 0 saturated carbocycles. The Balaban J connectivity index is 2.76. The summed E-state index contributed by atoms with van der Waals surface area (Å²) in [4.78, 5) is 8.00. The van der Waals surface area contributed by atoms with Crippen LogP contribution in [-0.2, 0) is 0 Å². The summed E-state index contributed by atoms with van der Waals surface area (Å²) in [5, 5.41) is 12.2. The van der Waals surface area contributed by atoms with Crippen molar-refractivity contribution in [2.75, 3.05) is 17.7 Å². The summed E-state index contributed by atoms with van der Waals surface area (Å²) in [6, 6.07) is 0.142. The molecule has 0 aromatic carbocycles. The molecule has 2 atom stereocenters. The number of nitrogens with zero attached hydrogens (tertiary/aromatic N) is 2. The lowest BCUT2D eigenvalue weighted by molar-refractivity contribution is 0.226. The first kappa shape index (κ1) is 11.7. The van der Waals surface area contributed by atoms with Gasteiger partial charge in [-0.2, -0.15) is 0 Å². The second-order valence-electron chi connectivity index (χ2n) is 3.83. The van der Waals surface area contributed by atoms with Crippen LogP contribution in [-0.4, -0.2) is 27.7 Å². The van der Waals surface area contributed by atoms with Gasteiger partial charge < -0.3 is 16.2 Å². The van der Waals surface area contributed by atoms with Crippen LogP contribution in [0.3, 0.4) is 0 Å². The molecule has 2 unspecified atom stereocenters. The van der Waals surface area contributed by atoms with Gasteiger partial charge in [-0.1, -0.05) is 6.92 Å². The van der Waals surface area contributed by atoms with E-state index in [1.807, 2.05) is 20.8 Å². The van der Waals surface area contributed by atoms with Crippen molar-refractivity contribution in [2.45, 2.75) is 26.8 Å². The first-order chi connectivity index (χ1) is 7.06. The van der Waals surface area contributed by atoms with Crippen LogP contribution in [0.2, 0.25) is 0 Å². The Morgan fingerprint density at radius 3 is 2.73 bits per heavy atom. The van der Waals surface area contributed by atoms with Gasteiger partial charge in [-0.25, -0.2) is 9.97 Å². The standard InChI is InChI=1S/C10H18N4O/c1-6(4-15)8(3)14-10-7(2)9(11)12-5-13-10/h5-6,8,15H,4H2,1-3H3,(H3,11,12,13,14). The molecule has 0 bridgehead atoms. The van der Waals surface area contributed by atoms with Gasteiger partial charge >= 0.3 is 0 Å². The zero-order valence-corrected chi connectivity index (χ0v) is 9.36. The minimum Gasteiger partial charge on any atom is -0.396 e. The van der Waals surface area contributed by atoms with Crippen LogP contribution in [0.15, 0.2) is 6.33 Å². The number of anilines is 2. The zero-order valence-electron chi connectivity index (χ0n) is 9.36. The molecule has 5 heteroatoms. The average molecular weight is 210 g/mol. The number of nitrogens with one attached hydrogen (secondary N) is 1. The minimum absolute atomic E-state index is 0.142. The molecule has 0 aliphatic rings. The molecule has 15 heavy (non-hydrogen) atoms. The molecule has 0 saturated heterocycles. The van der Waals surface area contributed by atoms with Crippen LogP contribution in [0.5, 0.6) is 0 Å². The summed E-state index contributed by atoms with van der Waals surface area (Å²) in [5.74, 6) is 1.38. The molecule has 84 valence electrons. The molecular formula is C10H18N4O. The highest BCUT2D eigenvalue weighted by atomic mass is 16.3. The Morgan fingerprint density at radius 1 is 1.47 bits per heavy atom. The number of aliphatic hydroxyl groups is 1. The van der Waals surface area contributed by atoms with Gasteiger partial charge in [0, 0.05) is 18.2 Å². The number of nitrogens with two attached hydrogens (primary N) is 1. The van der Waals surface area contributed by atoms with E-state index in [0.717, 1.165) is 11.4 Å². The summed E-state index contributed by atoms with van der Waals surface area (Å²) in [6.07, 6.45) is 1.43. The van der Waals surface area contributed by atoms with Crippen molar-refractivity contribution in [3.63, 3.8) is 0 Å². The van der Waals surface area contributed by atoms with E-state index in [4.69, 9.17) is 10.8 Å². The summed E-state index contributed by atoms with van der Waals surface area (Å²) >= 11 is 0. The highest BCUT2D eigenvalue weighted by Crippen LogP contribution is 2.17. The van der Waals surface area contributed by atoms with Crippen molar-refractivity contribution < 1.29 is 5.11 Å². The Labute approximate surface area is 89.7 Å². The highest BCUT2D eigenvalue weighted by molar-refractivity contribution is 5.54. The maximum Gasteiger partial charge on any atom is 0.134 e. The third-order valence-electron chi connectivity index (χ3n) is 2.63. The Morgan fingerprint density at radius 2 is 2.13 bits per heavy atom. The van der Waals surface area contributed by atoms with Crippen molar-refractivity contribution in [3.8, 4) is 0 Å². The van der Waals surface area contributed by atoms with Gasteiger partial charge in [0.25, 0.3) is 0 Å². The monoisotopic (exact) mass is 210 g/mol. The molecule has 0 aliphatic carbocycles. The van der Waals surface area contributed by atoms with Crippen LogP contribution in [0.25, 0.3) is 0 Å². The SMILES string of the molecule is Cc1c(N)ncnc1NC(C)C(C)CO. The fourth-order valence-corrected chi connectivity index (χ4v) is 1.13. The zero-order chi connectivity index (χ0) is 11.4. The average Bonchev–Trinajstić information content (AvgIpc) is 2.23. The van der Waals surface area contributed by atoms with Gasteiger partial charge in [0.1, 0.15) is 18.0 Å². The molecule has 0 fully saturated rings. The highest BCUT2D eigenvalue weighted by Gasteiger charge is 2.13. The molecule has 0 radical (unpaired) electrons. The molecule has 1 rings (SSSR count). The molecule has 4 N–H and O–H groups in total. The molecule has 1 aromatic heterocycles. The quantitative estimate of drug-likeness (QED) is 0.684. The van der Waals surface area contributed by atoms with Gasteiger partial charge in [0.05, 0.1) is 0 Å². The Bertz CT molecular complexity index is 329. The number of hydrogen-bond acceptors (Lipinski definition) is 5. The first-order valence-corrected chi connectivity index (χ1v) is 5.00. The van der Waals surface area contributed by atoms with Crippen molar-refractivity contribution in [1.82, 2.24) is 9.97 Å². The van der Waals surface area contributed by atoms with Gasteiger partial charge in [-0.3, -0.25) is 0 Å². The molecule has 5 nitrogen and oxygen atoms in total. The van der Waals surface area contributed by atoms with E-state index in [1.165, 1.54) is 6.33 Å². The fourth-order valence-electron chi connectivity index (χ4n) is 1.13. The molecule has 0 amide bonds. The number of aliphatic hydroxyl groups excluding tert-OH is 1. The lowest BCUT2D eigenvalue weighted by Crippen LogP contribution is -2.27. The maximum absolute atomic E-state index is 9.01. The fraction of sp³-hybridized carbons (Fsp3) is 0.600. The second kappa shape index (κ2) is 4.93. The lowest BCUT2D eigenvalue weighted by Gasteiger charge is -2.20. The van der Waals surface area contributed by atoms with Crippen LogP contribution in [0.4, 0.5) is 11.6 Å². The van der Waals surface area contributed by atoms with E-state index in [0.29, 0.717) is 5.82 Å². The third-order valence-corrected chi connectivity index (χ3v) is 2.63. The van der Waals surface area contributed by atoms with Gasteiger partial charge in [0.2, 0.25) is 0 Å². The van der Waals surface area contributed by atoms with Crippen molar-refractivity contribution in [3.05, 3.63) is 11.9 Å². The maximum atomic E-state index is 9.01. The molecule has 0 aliphatic heterocycles. The second-order valence-corrected chi connectivity index (χ2v) is 3.83. The van der Waals surface area contributed by atoms with E-state index in [1.54, 1.807) is 0 Å². The van der Waals surface area contributed by atoms with Crippen LogP contribution in [0, 0.1) is 12.8 Å². The predicted octanol–water partition coefficient (Wildman–Crippen LogP) is 0.796. The lowest BCUT2D eigenvalue weighted by atomic mass is 10.1. The molecular weight excluding hydrogens is 192 g/mol. The summed E-state index contributed by atoms with van der Waals surface area (Å²) in [7, 11) is 0. The van der Waals surface area contributed by atoms with Crippen LogP contribution in [0.1, 0.15) is 19.4 Å². The van der Waals surface area contributed by atoms with E-state index in [-0.39, 0.29) is 18.6 Å². The van der Waals surface area contributed by atoms with E-state index < -0.39 is 0 Å². The number of nitrogen functional groups attached to an aromatic ring is 1. The third kappa shape index (κ3) is 2.79. The number of rotatable bonds is 4. The van der Waals surface area contributed by atoms with Crippen LogP contribution >= 0.6 is 0 Å². The smallest absolute Gasteiger partial charge is 0.134 e. The molecule has 0 spiro atoms. The van der Waals surface area contributed by atoms with Crippen molar-refractivity contribution >= 4 is 11.6 Å². The van der Waals surface area contributed by atoms with Crippen molar-refractivity contribution in [2.24, 2.45) is 5.92 Å². The minimum atomic E-state index is 0.142. The van der Waals surface area contributed by atoms with Gasteiger partial charge in [-0.15, -0.1) is 0 Å². The summed E-state index contributed by atoms with van der Waals surface area (Å²) in [5.41, 5.74) is 6.51. The first-order valence-electron chi connectivity index (χ1n) is 5.00. The summed E-state index contributed by atoms with van der Waals surface area (Å²) in [6.45, 7) is 5.98. The van der Waals surface area contributed by atoms with Crippen molar-refractivity contribution in [1.29, 1.82) is 0 Å². The van der Waals surface area contributed by atoms with Crippen LogP contribution < -0.4 is 11.1 Å². The Hall–Kier alpha value is -1.36. The van der Waals surface area contributed by atoms with E-state index in [2.05, 4.69) is 15.3 Å². The van der Waals surface area contributed by atoms with Gasteiger partial charge in [-0.05, 0) is 19.8 Å². The molecule has 1 heterocycles. The number of hydrogen-bond donors (Lipinski definition) is 3. The van der Waals surface area contributed by atoms with E-state index >= 15 is 0 Å².